The average molecular weight is 453 g/mol. The van der Waals surface area contributed by atoms with Gasteiger partial charge in [0.2, 0.25) is 0 Å². The lowest BCUT2D eigenvalue weighted by Gasteiger charge is -2.12. The van der Waals surface area contributed by atoms with Crippen LogP contribution in [0.1, 0.15) is 30.7 Å². The summed E-state index contributed by atoms with van der Waals surface area (Å²) in [6, 6.07) is 4.15. The van der Waals surface area contributed by atoms with Crippen molar-refractivity contribution in [2.75, 3.05) is 20.3 Å². The molecule has 0 atom stereocenters. The summed E-state index contributed by atoms with van der Waals surface area (Å²) in [5, 5.41) is 16.6. The van der Waals surface area contributed by atoms with Gasteiger partial charge < -0.3 is 9.47 Å². The maximum Gasteiger partial charge on any atom is 0.291 e. The van der Waals surface area contributed by atoms with E-state index in [1.807, 2.05) is 12.3 Å². The van der Waals surface area contributed by atoms with Gasteiger partial charge in [0.25, 0.3) is 6.43 Å². The van der Waals surface area contributed by atoms with Crippen LogP contribution in [0.2, 0.25) is 0 Å². The van der Waals surface area contributed by atoms with Crippen molar-refractivity contribution in [1.82, 2.24) is 24.3 Å². The van der Waals surface area contributed by atoms with E-state index in [1.54, 1.807) is 17.7 Å². The Morgan fingerprint density at radius 3 is 2.90 bits per heavy atom. The zero-order valence-corrected chi connectivity index (χ0v) is 17.6. The van der Waals surface area contributed by atoms with Crippen molar-refractivity contribution in [3.8, 4) is 22.7 Å². The van der Waals surface area contributed by atoms with Gasteiger partial charge in [-0.25, -0.2) is 18.5 Å². The molecule has 0 amide bonds. The monoisotopic (exact) mass is 452 g/mol. The van der Waals surface area contributed by atoms with Crippen LogP contribution in [0.3, 0.4) is 0 Å². The summed E-state index contributed by atoms with van der Waals surface area (Å²) in [4.78, 5) is 5.16. The third kappa shape index (κ3) is 4.39. The van der Waals surface area contributed by atoms with Crippen LogP contribution in [0.15, 0.2) is 23.4 Å². The molecule has 0 aromatic carbocycles. The number of aromatic nitrogens is 4. The second-order valence-corrected chi connectivity index (χ2v) is 8.60. The molecule has 158 valence electrons. The molecule has 1 aliphatic carbocycles. The van der Waals surface area contributed by atoms with Gasteiger partial charge in [-0.05, 0) is 30.9 Å². The molecule has 30 heavy (non-hydrogen) atoms. The predicted molar refractivity (Wildman–Crippen MR) is 108 cm³/mol. The SMILES string of the molecule is COCCCOc1cc(SNC2(C#N)CC2)cn2c(-c3nnc(C(F)F)s3)ncc12. The Labute approximate surface area is 179 Å². The number of hydrogen-bond donors (Lipinski definition) is 1. The van der Waals surface area contributed by atoms with Gasteiger partial charge in [-0.1, -0.05) is 11.3 Å². The number of methoxy groups -OCH3 is 1. The third-order valence-corrected chi connectivity index (χ3v) is 6.35. The van der Waals surface area contributed by atoms with E-state index in [9.17, 15) is 14.0 Å². The lowest BCUT2D eigenvalue weighted by atomic mass is 10.3. The smallest absolute Gasteiger partial charge is 0.291 e. The highest BCUT2D eigenvalue weighted by molar-refractivity contribution is 7.97. The number of halogens is 2. The lowest BCUT2D eigenvalue weighted by molar-refractivity contribution is 0.150. The first-order valence-corrected chi connectivity index (χ1v) is 10.8. The summed E-state index contributed by atoms with van der Waals surface area (Å²) in [7, 11) is 1.63. The molecule has 1 fully saturated rings. The highest BCUT2D eigenvalue weighted by atomic mass is 32.2. The molecule has 8 nitrogen and oxygen atoms in total. The highest BCUT2D eigenvalue weighted by Gasteiger charge is 2.43. The number of nitrogens with zero attached hydrogens (tertiary/aromatic N) is 5. The molecule has 0 unspecified atom stereocenters. The van der Waals surface area contributed by atoms with Crippen molar-refractivity contribution in [3.05, 3.63) is 23.5 Å². The Hall–Kier alpha value is -2.33. The first-order chi connectivity index (χ1) is 14.5. The van der Waals surface area contributed by atoms with Gasteiger partial charge in [0, 0.05) is 31.2 Å². The lowest BCUT2D eigenvalue weighted by Crippen LogP contribution is -2.22. The molecular weight excluding hydrogens is 434 g/mol. The number of fused-ring (bicyclic) bond motifs is 1. The molecule has 12 heteroatoms. The van der Waals surface area contributed by atoms with Crippen LogP contribution in [0.5, 0.6) is 5.75 Å². The van der Waals surface area contributed by atoms with Crippen LogP contribution in [0, 0.1) is 11.3 Å². The van der Waals surface area contributed by atoms with Crippen molar-refractivity contribution in [1.29, 1.82) is 5.26 Å². The molecule has 0 aliphatic heterocycles. The summed E-state index contributed by atoms with van der Waals surface area (Å²) in [5.41, 5.74) is 0.185. The molecule has 0 radical (unpaired) electrons. The molecule has 3 aromatic rings. The minimum Gasteiger partial charge on any atom is -0.491 e. The molecule has 3 heterocycles. The van der Waals surface area contributed by atoms with Gasteiger partial charge in [-0.3, -0.25) is 4.40 Å². The summed E-state index contributed by atoms with van der Waals surface area (Å²) in [6.45, 7) is 1.02. The molecular formula is C18H18F2N6O2S2. The number of rotatable bonds is 10. The molecule has 3 aromatic heterocycles. The molecule has 1 aliphatic rings. The van der Waals surface area contributed by atoms with Crippen molar-refractivity contribution in [2.24, 2.45) is 0 Å². The minimum atomic E-state index is -2.68. The normalized spacial score (nSPS) is 14.9. The predicted octanol–water partition coefficient (Wildman–Crippen LogP) is 3.86. The quantitative estimate of drug-likeness (QED) is 0.366. The standard InChI is InChI=1S/C18H18F2N6O2S2/c1-27-5-2-6-28-13-7-11(30-25-18(10-21)3-4-18)9-26-12(13)8-22-15(26)17-24-23-16(29-17)14(19)20/h7-9,14,25H,2-6H2,1H3. The van der Waals surface area contributed by atoms with E-state index in [2.05, 4.69) is 26.0 Å². The van der Waals surface area contributed by atoms with E-state index < -0.39 is 12.0 Å². The number of hydrogen-bond acceptors (Lipinski definition) is 9. The van der Waals surface area contributed by atoms with Crippen LogP contribution >= 0.6 is 23.3 Å². The maximum absolute atomic E-state index is 12.9. The number of ether oxygens (including phenoxy) is 2. The van der Waals surface area contributed by atoms with Gasteiger partial charge in [0.1, 0.15) is 16.8 Å². The Kier molecular flexibility index (Phi) is 6.14. The number of alkyl halides is 2. The van der Waals surface area contributed by atoms with Crippen molar-refractivity contribution >= 4 is 28.8 Å². The Bertz CT molecular complexity index is 1080. The van der Waals surface area contributed by atoms with E-state index in [1.165, 1.54) is 11.9 Å². The van der Waals surface area contributed by atoms with Crippen LogP contribution in [-0.4, -0.2) is 45.4 Å². The molecule has 0 spiro atoms. The van der Waals surface area contributed by atoms with E-state index in [-0.39, 0.29) is 5.01 Å². The van der Waals surface area contributed by atoms with Crippen molar-refractivity contribution < 1.29 is 18.3 Å². The number of imidazole rings is 1. The highest BCUT2D eigenvalue weighted by Crippen LogP contribution is 2.39. The van der Waals surface area contributed by atoms with E-state index >= 15 is 0 Å². The molecule has 1 N–H and O–H groups in total. The van der Waals surface area contributed by atoms with E-state index in [0.29, 0.717) is 41.7 Å². The number of pyridine rings is 1. The fraction of sp³-hybridized carbons (Fsp3) is 0.444. The first kappa shape index (κ1) is 20.9. The van der Waals surface area contributed by atoms with Crippen LogP contribution < -0.4 is 9.46 Å². The zero-order valence-electron chi connectivity index (χ0n) is 16.0. The molecule has 1 saturated carbocycles. The van der Waals surface area contributed by atoms with Crippen LogP contribution in [0.25, 0.3) is 16.3 Å². The van der Waals surface area contributed by atoms with E-state index in [0.717, 1.165) is 29.1 Å². The molecule has 0 bridgehead atoms. The maximum atomic E-state index is 12.9. The van der Waals surface area contributed by atoms with Crippen LogP contribution in [0.4, 0.5) is 8.78 Å². The number of nitriles is 1. The summed E-state index contributed by atoms with van der Waals surface area (Å²) < 4.78 is 41.8. The summed E-state index contributed by atoms with van der Waals surface area (Å²) in [6.07, 6.45) is 3.06. The Balaban J connectivity index is 1.67. The summed E-state index contributed by atoms with van der Waals surface area (Å²) in [5.74, 6) is 0.997. The zero-order chi connectivity index (χ0) is 21.1. The van der Waals surface area contributed by atoms with Crippen LogP contribution in [-0.2, 0) is 4.74 Å². The second kappa shape index (κ2) is 8.81. The topological polar surface area (TPSA) is 97.4 Å². The summed E-state index contributed by atoms with van der Waals surface area (Å²) >= 11 is 2.13. The number of nitrogens with one attached hydrogen (secondary N) is 1. The van der Waals surface area contributed by atoms with Gasteiger partial charge in [-0.2, -0.15) is 5.26 Å². The Morgan fingerprint density at radius 1 is 1.40 bits per heavy atom. The van der Waals surface area contributed by atoms with Gasteiger partial charge in [0.05, 0.1) is 18.9 Å². The fourth-order valence-corrected chi connectivity index (χ4v) is 4.27. The van der Waals surface area contributed by atoms with Gasteiger partial charge >= 0.3 is 0 Å². The van der Waals surface area contributed by atoms with Crippen molar-refractivity contribution in [3.63, 3.8) is 0 Å². The Morgan fingerprint density at radius 2 is 2.23 bits per heavy atom. The van der Waals surface area contributed by atoms with E-state index in [4.69, 9.17) is 9.47 Å². The molecule has 0 saturated heterocycles. The van der Waals surface area contributed by atoms with Gasteiger partial charge in [0.15, 0.2) is 15.8 Å². The van der Waals surface area contributed by atoms with Gasteiger partial charge in [-0.15, -0.1) is 10.2 Å². The first-order valence-electron chi connectivity index (χ1n) is 9.15. The second-order valence-electron chi connectivity index (χ2n) is 6.72. The van der Waals surface area contributed by atoms with Crippen molar-refractivity contribution in [2.45, 2.75) is 36.1 Å². The molecule has 4 rings (SSSR count). The largest absolute Gasteiger partial charge is 0.491 e. The average Bonchev–Trinajstić information content (AvgIpc) is 3.15. The minimum absolute atomic E-state index is 0.293. The fourth-order valence-electron chi connectivity index (χ4n) is 2.69. The third-order valence-electron chi connectivity index (χ3n) is 4.48.